The number of fused-ring (bicyclic) bond motifs is 1. The van der Waals surface area contributed by atoms with Gasteiger partial charge in [0.05, 0.1) is 5.56 Å². The maximum Gasteiger partial charge on any atom is 0.339 e. The van der Waals surface area contributed by atoms with Gasteiger partial charge in [-0.1, -0.05) is 18.2 Å². The monoisotopic (exact) mass is 317 g/mol. The molecule has 23 heavy (non-hydrogen) atoms. The van der Waals surface area contributed by atoms with Crippen LogP contribution in [-0.4, -0.2) is 36.0 Å². The van der Waals surface area contributed by atoms with Crippen LogP contribution in [0.3, 0.4) is 0 Å². The van der Waals surface area contributed by atoms with Crippen LogP contribution < -0.4 is 16.2 Å². The molecule has 2 aromatic rings. The van der Waals surface area contributed by atoms with Gasteiger partial charge in [0.2, 0.25) is 5.56 Å². The van der Waals surface area contributed by atoms with Gasteiger partial charge in [0, 0.05) is 24.0 Å². The Morgan fingerprint density at radius 1 is 1.22 bits per heavy atom. The minimum absolute atomic E-state index is 0.0453. The number of aromatic nitrogens is 1. The Morgan fingerprint density at radius 3 is 2.61 bits per heavy atom. The van der Waals surface area contributed by atoms with E-state index in [1.807, 2.05) is 5.32 Å². The van der Waals surface area contributed by atoms with Crippen LogP contribution >= 0.6 is 0 Å². The van der Waals surface area contributed by atoms with Crippen molar-refractivity contribution in [2.75, 3.05) is 7.05 Å². The van der Waals surface area contributed by atoms with Crippen molar-refractivity contribution in [3.05, 3.63) is 46.2 Å². The Bertz CT molecular complexity index is 827. The molecule has 8 nitrogen and oxygen atoms in total. The average molecular weight is 317 g/mol. The summed E-state index contributed by atoms with van der Waals surface area (Å²) in [7, 11) is 1.35. The molecule has 0 radical (unpaired) electrons. The van der Waals surface area contributed by atoms with Crippen molar-refractivity contribution in [1.82, 2.24) is 15.6 Å². The zero-order valence-corrected chi connectivity index (χ0v) is 12.5. The van der Waals surface area contributed by atoms with Crippen LogP contribution in [0.5, 0.6) is 0 Å². The molecule has 1 aromatic heterocycles. The van der Waals surface area contributed by atoms with E-state index in [-0.39, 0.29) is 5.56 Å². The molecule has 1 heterocycles. The van der Waals surface area contributed by atoms with E-state index in [9.17, 15) is 19.2 Å². The molecule has 120 valence electrons. The second-order valence-corrected chi connectivity index (χ2v) is 4.71. The summed E-state index contributed by atoms with van der Waals surface area (Å²) >= 11 is 0. The fraction of sp³-hybridized carbons (Fsp3) is 0.200. The van der Waals surface area contributed by atoms with Crippen molar-refractivity contribution in [3.8, 4) is 0 Å². The number of pyridine rings is 1. The first-order chi connectivity index (χ1) is 10.9. The summed E-state index contributed by atoms with van der Waals surface area (Å²) in [4.78, 5) is 49.2. The number of imide groups is 1. The van der Waals surface area contributed by atoms with E-state index in [4.69, 9.17) is 4.74 Å². The number of carbonyl (C=O) groups is 3. The normalized spacial score (nSPS) is 11.6. The van der Waals surface area contributed by atoms with Crippen LogP contribution in [0.25, 0.3) is 10.9 Å². The molecule has 0 aliphatic rings. The quantitative estimate of drug-likeness (QED) is 0.714. The molecule has 0 saturated heterocycles. The third-order valence-electron chi connectivity index (χ3n) is 3.09. The maximum absolute atomic E-state index is 12.2. The maximum atomic E-state index is 12.2. The van der Waals surface area contributed by atoms with Crippen molar-refractivity contribution in [3.63, 3.8) is 0 Å². The minimum Gasteiger partial charge on any atom is -0.449 e. The molecule has 0 unspecified atom stereocenters. The molecular weight excluding hydrogens is 302 g/mol. The summed E-state index contributed by atoms with van der Waals surface area (Å²) < 4.78 is 5.02. The number of hydrogen-bond donors (Lipinski definition) is 3. The summed E-state index contributed by atoms with van der Waals surface area (Å²) in [6, 6.07) is 7.12. The van der Waals surface area contributed by atoms with Crippen molar-refractivity contribution in [2.24, 2.45) is 0 Å². The Balaban J connectivity index is 2.23. The van der Waals surface area contributed by atoms with E-state index in [2.05, 4.69) is 10.3 Å². The van der Waals surface area contributed by atoms with Gasteiger partial charge in [0.25, 0.3) is 5.91 Å². The standard InChI is InChI=1S/C15H15N3O5/c1-8(13(20)18-15(22)16-2)23-14(21)10-7-12(19)17-11-6-4-3-5-9(10)11/h3-8H,1-2H3,(H,17,19)(H2,16,18,20,22)/t8-/m1/s1. The molecule has 3 amide bonds. The number of aromatic amines is 1. The summed E-state index contributed by atoms with van der Waals surface area (Å²) in [5, 5.41) is 4.71. The van der Waals surface area contributed by atoms with E-state index >= 15 is 0 Å². The fourth-order valence-corrected chi connectivity index (χ4v) is 1.93. The van der Waals surface area contributed by atoms with Crippen molar-refractivity contribution in [2.45, 2.75) is 13.0 Å². The van der Waals surface area contributed by atoms with Crippen LogP contribution in [0.4, 0.5) is 4.79 Å². The van der Waals surface area contributed by atoms with Gasteiger partial charge in [-0.25, -0.2) is 9.59 Å². The number of carbonyl (C=O) groups excluding carboxylic acids is 3. The van der Waals surface area contributed by atoms with Gasteiger partial charge < -0.3 is 15.0 Å². The number of esters is 1. The molecule has 3 N–H and O–H groups in total. The number of nitrogens with one attached hydrogen (secondary N) is 3. The van der Waals surface area contributed by atoms with Gasteiger partial charge >= 0.3 is 12.0 Å². The lowest BCUT2D eigenvalue weighted by Crippen LogP contribution is -2.43. The topological polar surface area (TPSA) is 117 Å². The van der Waals surface area contributed by atoms with Crippen LogP contribution in [0, 0.1) is 0 Å². The Hall–Kier alpha value is -3.16. The van der Waals surface area contributed by atoms with Crippen LogP contribution in [0.2, 0.25) is 0 Å². The van der Waals surface area contributed by atoms with Gasteiger partial charge in [-0.3, -0.25) is 14.9 Å². The number of para-hydroxylation sites is 1. The number of rotatable bonds is 3. The molecule has 1 atom stereocenters. The first-order valence-corrected chi connectivity index (χ1v) is 6.78. The first kappa shape index (κ1) is 16.2. The molecule has 1 aromatic carbocycles. The minimum atomic E-state index is -1.20. The average Bonchev–Trinajstić information content (AvgIpc) is 2.53. The highest BCUT2D eigenvalue weighted by Gasteiger charge is 2.22. The van der Waals surface area contributed by atoms with Crippen molar-refractivity contribution >= 4 is 28.8 Å². The molecular formula is C15H15N3O5. The first-order valence-electron chi connectivity index (χ1n) is 6.78. The Morgan fingerprint density at radius 2 is 1.91 bits per heavy atom. The molecule has 2 rings (SSSR count). The highest BCUT2D eigenvalue weighted by molar-refractivity contribution is 6.04. The number of H-pyrrole nitrogens is 1. The molecule has 0 fully saturated rings. The zero-order valence-electron chi connectivity index (χ0n) is 12.5. The smallest absolute Gasteiger partial charge is 0.339 e. The second kappa shape index (κ2) is 6.73. The third-order valence-corrected chi connectivity index (χ3v) is 3.09. The van der Waals surface area contributed by atoms with Crippen LogP contribution in [-0.2, 0) is 9.53 Å². The van der Waals surface area contributed by atoms with E-state index in [0.29, 0.717) is 10.9 Å². The number of benzene rings is 1. The number of ether oxygens (including phenoxy) is 1. The molecule has 0 saturated carbocycles. The summed E-state index contributed by atoms with van der Waals surface area (Å²) in [5.41, 5.74) is 0.0662. The molecule has 0 spiro atoms. The lowest BCUT2D eigenvalue weighted by molar-refractivity contribution is -0.127. The highest BCUT2D eigenvalue weighted by Crippen LogP contribution is 2.16. The SMILES string of the molecule is CNC(=O)NC(=O)[C@@H](C)OC(=O)c1cc(=O)[nH]c2ccccc12. The summed E-state index contributed by atoms with van der Waals surface area (Å²) in [5.74, 6) is -1.60. The highest BCUT2D eigenvalue weighted by atomic mass is 16.5. The Kier molecular flexibility index (Phi) is 4.75. The van der Waals surface area contributed by atoms with Gasteiger partial charge in [-0.2, -0.15) is 0 Å². The summed E-state index contributed by atoms with van der Waals surface area (Å²) in [6.07, 6.45) is -1.20. The van der Waals surface area contributed by atoms with Gasteiger partial charge in [0.1, 0.15) is 0 Å². The van der Waals surface area contributed by atoms with Gasteiger partial charge in [-0.05, 0) is 13.0 Å². The Labute approximate surface area is 130 Å². The van der Waals surface area contributed by atoms with E-state index in [1.54, 1.807) is 24.3 Å². The predicted octanol–water partition coefficient (Wildman–Crippen LogP) is 0.529. The van der Waals surface area contributed by atoms with E-state index in [1.165, 1.54) is 14.0 Å². The third kappa shape index (κ3) is 3.73. The molecule has 0 bridgehead atoms. The number of amides is 3. The molecule has 0 aliphatic carbocycles. The van der Waals surface area contributed by atoms with Gasteiger partial charge in [-0.15, -0.1) is 0 Å². The van der Waals surface area contributed by atoms with Crippen LogP contribution in [0.15, 0.2) is 35.1 Å². The van der Waals surface area contributed by atoms with E-state index in [0.717, 1.165) is 6.07 Å². The van der Waals surface area contributed by atoms with Crippen LogP contribution in [0.1, 0.15) is 17.3 Å². The lowest BCUT2D eigenvalue weighted by Gasteiger charge is -2.13. The largest absolute Gasteiger partial charge is 0.449 e. The van der Waals surface area contributed by atoms with Gasteiger partial charge in [0.15, 0.2) is 6.10 Å². The number of hydrogen-bond acceptors (Lipinski definition) is 5. The van der Waals surface area contributed by atoms with Crippen molar-refractivity contribution < 1.29 is 19.1 Å². The molecule has 0 aliphatic heterocycles. The van der Waals surface area contributed by atoms with E-state index < -0.39 is 29.6 Å². The summed E-state index contributed by atoms with van der Waals surface area (Å²) in [6.45, 7) is 1.32. The fourth-order valence-electron chi connectivity index (χ4n) is 1.93. The number of urea groups is 1. The zero-order chi connectivity index (χ0) is 17.0. The second-order valence-electron chi connectivity index (χ2n) is 4.71. The van der Waals surface area contributed by atoms with Crippen molar-refractivity contribution in [1.29, 1.82) is 0 Å². The molecule has 8 heteroatoms. The predicted molar refractivity (Wildman–Crippen MR) is 82.0 cm³/mol. The lowest BCUT2D eigenvalue weighted by atomic mass is 10.1.